The van der Waals surface area contributed by atoms with Crippen LogP contribution < -0.4 is 15.0 Å². The van der Waals surface area contributed by atoms with Crippen LogP contribution in [0.1, 0.15) is 16.0 Å². The number of ether oxygens (including phenoxy) is 2. The van der Waals surface area contributed by atoms with Gasteiger partial charge in [-0.15, -0.1) is 11.3 Å². The highest BCUT2D eigenvalue weighted by atomic mass is 32.2. The van der Waals surface area contributed by atoms with Gasteiger partial charge in [0, 0.05) is 38.6 Å². The molecule has 2 aromatic heterocycles. The molecule has 1 aromatic carbocycles. The van der Waals surface area contributed by atoms with Crippen LogP contribution in [-0.2, 0) is 36.1 Å². The first kappa shape index (κ1) is 22.7. The minimum Gasteiger partial charge on any atom is -0.497 e. The fourth-order valence-corrected chi connectivity index (χ4v) is 6.25. The maximum Gasteiger partial charge on any atom is 0.281 e. The van der Waals surface area contributed by atoms with Gasteiger partial charge in [-0.1, -0.05) is 0 Å². The second kappa shape index (κ2) is 8.81. The van der Waals surface area contributed by atoms with Gasteiger partial charge in [-0.25, -0.2) is 4.98 Å². The summed E-state index contributed by atoms with van der Waals surface area (Å²) >= 11 is 1.39. The highest BCUT2D eigenvalue weighted by Crippen LogP contribution is 2.33. The van der Waals surface area contributed by atoms with Crippen molar-refractivity contribution in [2.45, 2.75) is 25.9 Å². The molecule has 0 amide bonds. The molecule has 0 atom stereocenters. The molecule has 11 heteroatoms. The average Bonchev–Trinajstić information content (AvgIpc) is 3.16. The summed E-state index contributed by atoms with van der Waals surface area (Å²) in [5.41, 5.74) is 1.76. The van der Waals surface area contributed by atoms with Gasteiger partial charge in [0.25, 0.3) is 15.8 Å². The molecular formula is C21H26N4O5S2. The first-order valence-electron chi connectivity index (χ1n) is 10.1. The van der Waals surface area contributed by atoms with E-state index in [9.17, 15) is 13.2 Å². The molecule has 0 N–H and O–H groups in total. The molecule has 9 nitrogen and oxygen atoms in total. The van der Waals surface area contributed by atoms with Crippen molar-refractivity contribution in [2.75, 3.05) is 34.9 Å². The first-order chi connectivity index (χ1) is 15.3. The number of nitrogens with zero attached hydrogens (tertiary/aromatic N) is 4. The lowest BCUT2D eigenvalue weighted by molar-refractivity contribution is 0.362. The number of fused-ring (bicyclic) bond motifs is 3. The van der Waals surface area contributed by atoms with Gasteiger partial charge in [0.1, 0.15) is 16.3 Å². The zero-order valence-corrected chi connectivity index (χ0v) is 20.1. The molecule has 4 rings (SSSR count). The maximum atomic E-state index is 13.3. The summed E-state index contributed by atoms with van der Waals surface area (Å²) in [5, 5.41) is 0.604. The molecule has 0 radical (unpaired) electrons. The van der Waals surface area contributed by atoms with Crippen molar-refractivity contribution in [1.82, 2.24) is 18.2 Å². The van der Waals surface area contributed by atoms with Gasteiger partial charge in [-0.3, -0.25) is 9.36 Å². The van der Waals surface area contributed by atoms with Crippen LogP contribution in [0.4, 0.5) is 0 Å². The molecule has 0 aliphatic carbocycles. The summed E-state index contributed by atoms with van der Waals surface area (Å²) < 4.78 is 40.0. The van der Waals surface area contributed by atoms with E-state index < -0.39 is 10.2 Å². The highest BCUT2D eigenvalue weighted by molar-refractivity contribution is 7.86. The van der Waals surface area contributed by atoms with Crippen molar-refractivity contribution < 1.29 is 17.9 Å². The van der Waals surface area contributed by atoms with Gasteiger partial charge in [0.15, 0.2) is 0 Å². The summed E-state index contributed by atoms with van der Waals surface area (Å²) in [4.78, 5) is 19.3. The van der Waals surface area contributed by atoms with E-state index in [-0.39, 0.29) is 12.1 Å². The predicted octanol–water partition coefficient (Wildman–Crippen LogP) is 1.88. The Labute approximate surface area is 191 Å². The Kier molecular flexibility index (Phi) is 6.26. The molecule has 0 bridgehead atoms. The molecule has 0 unspecified atom stereocenters. The third kappa shape index (κ3) is 4.01. The fraction of sp³-hybridized carbons (Fsp3) is 0.429. The molecular weight excluding hydrogens is 452 g/mol. The predicted molar refractivity (Wildman–Crippen MR) is 124 cm³/mol. The van der Waals surface area contributed by atoms with E-state index in [1.165, 1.54) is 34.0 Å². The van der Waals surface area contributed by atoms with Crippen molar-refractivity contribution in [3.63, 3.8) is 0 Å². The summed E-state index contributed by atoms with van der Waals surface area (Å²) in [7, 11) is 2.76. The van der Waals surface area contributed by atoms with Gasteiger partial charge >= 0.3 is 0 Å². The fourth-order valence-electron chi connectivity index (χ4n) is 3.90. The number of hydrogen-bond acceptors (Lipinski definition) is 7. The molecule has 1 aliphatic rings. The van der Waals surface area contributed by atoms with Crippen LogP contribution in [0.2, 0.25) is 0 Å². The summed E-state index contributed by atoms with van der Waals surface area (Å²) in [6.45, 7) is 1.04. The van der Waals surface area contributed by atoms with Crippen molar-refractivity contribution in [3.05, 3.63) is 50.9 Å². The Morgan fingerprint density at radius 3 is 2.69 bits per heavy atom. The number of rotatable bonds is 7. The average molecular weight is 479 g/mol. The smallest absolute Gasteiger partial charge is 0.281 e. The van der Waals surface area contributed by atoms with Crippen LogP contribution in [0.3, 0.4) is 0 Å². The number of aromatic nitrogens is 2. The lowest BCUT2D eigenvalue weighted by Crippen LogP contribution is -2.42. The molecule has 0 spiro atoms. The zero-order valence-electron chi connectivity index (χ0n) is 18.5. The van der Waals surface area contributed by atoms with Crippen LogP contribution in [0.25, 0.3) is 10.2 Å². The molecule has 0 saturated heterocycles. The topological polar surface area (TPSA) is 94.0 Å². The Bertz CT molecular complexity index is 1310. The summed E-state index contributed by atoms with van der Waals surface area (Å²) in [6, 6.07) is 5.59. The number of hydrogen-bond donors (Lipinski definition) is 0. The number of aryl methyl sites for hydroxylation is 2. The van der Waals surface area contributed by atoms with Gasteiger partial charge < -0.3 is 9.47 Å². The lowest BCUT2D eigenvalue weighted by Gasteiger charge is -2.28. The molecule has 32 heavy (non-hydrogen) atoms. The van der Waals surface area contributed by atoms with Gasteiger partial charge in [-0.05, 0) is 42.2 Å². The third-order valence-electron chi connectivity index (χ3n) is 5.69. The largest absolute Gasteiger partial charge is 0.497 e. The van der Waals surface area contributed by atoms with Crippen LogP contribution in [0, 0.1) is 0 Å². The second-order valence-electron chi connectivity index (χ2n) is 7.73. The zero-order chi connectivity index (χ0) is 23.0. The third-order valence-corrected chi connectivity index (χ3v) is 8.70. The van der Waals surface area contributed by atoms with E-state index in [2.05, 4.69) is 4.98 Å². The van der Waals surface area contributed by atoms with E-state index in [1.54, 1.807) is 25.1 Å². The Balaban J connectivity index is 1.63. The number of benzene rings is 1. The monoisotopic (exact) mass is 478 g/mol. The van der Waals surface area contributed by atoms with Crippen molar-refractivity contribution in [3.8, 4) is 11.5 Å². The maximum absolute atomic E-state index is 13.3. The van der Waals surface area contributed by atoms with E-state index >= 15 is 0 Å². The molecule has 0 saturated carbocycles. The molecule has 0 fully saturated rings. The van der Waals surface area contributed by atoms with E-state index in [4.69, 9.17) is 9.47 Å². The molecule has 3 heterocycles. The SMILES string of the molecule is COc1ccc(OC)c(CCn2cnc3sc4c(c3c2=O)CCN(S(=O)(=O)N(C)C)C4)c1. The van der Waals surface area contributed by atoms with Crippen LogP contribution in [-0.4, -0.2) is 61.4 Å². The van der Waals surface area contributed by atoms with Crippen molar-refractivity contribution in [1.29, 1.82) is 0 Å². The Morgan fingerprint density at radius 1 is 1.22 bits per heavy atom. The van der Waals surface area contributed by atoms with Crippen LogP contribution in [0.5, 0.6) is 11.5 Å². The Hall–Kier alpha value is -2.47. The standard InChI is InChI=1S/C21H26N4O5S2/c1-23(2)32(27,28)25-10-8-16-18(12-25)31-20-19(16)21(26)24(13-22-20)9-7-14-11-15(29-3)5-6-17(14)30-4/h5-6,11,13H,7-10,12H2,1-4H3. The minimum absolute atomic E-state index is 0.0988. The van der Waals surface area contributed by atoms with Gasteiger partial charge in [-0.2, -0.15) is 17.0 Å². The second-order valence-corrected chi connectivity index (χ2v) is 11.0. The normalized spacial score (nSPS) is 14.7. The Morgan fingerprint density at radius 2 is 2.00 bits per heavy atom. The minimum atomic E-state index is -3.50. The van der Waals surface area contributed by atoms with Crippen LogP contribution >= 0.6 is 11.3 Å². The van der Waals surface area contributed by atoms with E-state index in [1.807, 2.05) is 18.2 Å². The summed E-state index contributed by atoms with van der Waals surface area (Å²) in [5.74, 6) is 1.47. The number of thiophene rings is 1. The number of methoxy groups -OCH3 is 2. The lowest BCUT2D eigenvalue weighted by atomic mass is 10.1. The quantitative estimate of drug-likeness (QED) is 0.515. The summed E-state index contributed by atoms with van der Waals surface area (Å²) in [6.07, 6.45) is 2.63. The van der Waals surface area contributed by atoms with Crippen LogP contribution in [0.15, 0.2) is 29.3 Å². The van der Waals surface area contributed by atoms with Gasteiger partial charge in [0.05, 0.1) is 25.9 Å². The molecule has 3 aromatic rings. The van der Waals surface area contributed by atoms with Crippen molar-refractivity contribution >= 4 is 31.8 Å². The van der Waals surface area contributed by atoms with E-state index in [0.717, 1.165) is 27.5 Å². The highest BCUT2D eigenvalue weighted by Gasteiger charge is 2.31. The first-order valence-corrected chi connectivity index (χ1v) is 12.4. The van der Waals surface area contributed by atoms with Gasteiger partial charge in [0.2, 0.25) is 0 Å². The van der Waals surface area contributed by atoms with E-state index in [0.29, 0.717) is 36.1 Å². The molecule has 1 aliphatic heterocycles. The van der Waals surface area contributed by atoms with Crippen molar-refractivity contribution in [2.24, 2.45) is 0 Å². The molecule has 172 valence electrons.